The van der Waals surface area contributed by atoms with Crippen molar-refractivity contribution in [2.45, 2.75) is 6.92 Å². The minimum Gasteiger partial charge on any atom is -0.496 e. The fourth-order valence-corrected chi connectivity index (χ4v) is 2.43. The number of para-hydroxylation sites is 1. The monoisotopic (exact) mass is 352 g/mol. The average Bonchev–Trinajstić information content (AvgIpc) is 2.66. The van der Waals surface area contributed by atoms with Gasteiger partial charge in [0.15, 0.2) is 0 Å². The van der Waals surface area contributed by atoms with E-state index in [0.29, 0.717) is 28.3 Å². The van der Waals surface area contributed by atoms with Gasteiger partial charge in [-0.3, -0.25) is 9.59 Å². The van der Waals surface area contributed by atoms with Gasteiger partial charge in [-0.05, 0) is 31.2 Å². The lowest BCUT2D eigenvalue weighted by Gasteiger charge is -2.14. The van der Waals surface area contributed by atoms with Crippen LogP contribution >= 0.6 is 0 Å². The summed E-state index contributed by atoms with van der Waals surface area (Å²) in [6, 6.07) is 9.92. The van der Waals surface area contributed by atoms with Crippen molar-refractivity contribution >= 4 is 17.5 Å². The number of nitrogens with one attached hydrogen (secondary N) is 2. The van der Waals surface area contributed by atoms with E-state index < -0.39 is 5.91 Å². The van der Waals surface area contributed by atoms with Crippen LogP contribution in [0, 0.1) is 19.3 Å². The summed E-state index contributed by atoms with van der Waals surface area (Å²) in [6.45, 7) is 1.94. The third-order valence-corrected chi connectivity index (χ3v) is 3.79. The van der Waals surface area contributed by atoms with Crippen LogP contribution in [0.3, 0.4) is 0 Å². The number of anilines is 1. The largest absolute Gasteiger partial charge is 0.496 e. The molecule has 0 aromatic heterocycles. The molecule has 0 radical (unpaired) electrons. The summed E-state index contributed by atoms with van der Waals surface area (Å²) >= 11 is 0. The van der Waals surface area contributed by atoms with E-state index in [2.05, 4.69) is 16.6 Å². The summed E-state index contributed by atoms with van der Waals surface area (Å²) in [6.07, 6.45) is 5.16. The molecule has 0 bridgehead atoms. The number of terminal acetylenes is 1. The maximum absolute atomic E-state index is 12.7. The number of benzene rings is 2. The smallest absolute Gasteiger partial charge is 0.255 e. The molecule has 2 aromatic rings. The second kappa shape index (κ2) is 8.58. The highest BCUT2D eigenvalue weighted by Gasteiger charge is 2.16. The van der Waals surface area contributed by atoms with Crippen LogP contribution in [0.5, 0.6) is 11.5 Å². The highest BCUT2D eigenvalue weighted by atomic mass is 16.5. The molecule has 0 heterocycles. The number of hydrogen-bond donors (Lipinski definition) is 2. The number of rotatable bonds is 6. The molecule has 2 aromatic carbocycles. The summed E-state index contributed by atoms with van der Waals surface area (Å²) in [5.74, 6) is 2.66. The van der Waals surface area contributed by atoms with E-state index in [9.17, 15) is 9.59 Å². The van der Waals surface area contributed by atoms with Crippen LogP contribution in [0.4, 0.5) is 5.69 Å². The topological polar surface area (TPSA) is 76.7 Å². The molecule has 0 spiro atoms. The molecule has 0 aliphatic rings. The number of amides is 2. The Morgan fingerprint density at radius 1 is 1.08 bits per heavy atom. The molecular weight excluding hydrogens is 332 g/mol. The van der Waals surface area contributed by atoms with Gasteiger partial charge in [0.2, 0.25) is 0 Å². The van der Waals surface area contributed by atoms with Gasteiger partial charge in [0.25, 0.3) is 11.8 Å². The fraction of sp³-hybridized carbons (Fsp3) is 0.200. The molecule has 0 saturated heterocycles. The first-order valence-electron chi connectivity index (χ1n) is 7.86. The molecule has 2 N–H and O–H groups in total. The summed E-state index contributed by atoms with van der Waals surface area (Å²) in [5, 5.41) is 5.32. The Hall–Kier alpha value is -3.46. The SMILES string of the molecule is C#CCNC(=O)c1ccccc1NC(=O)c1cc(OC)c(C)c(OC)c1. The van der Waals surface area contributed by atoms with E-state index in [-0.39, 0.29) is 12.5 Å². The van der Waals surface area contributed by atoms with Gasteiger partial charge in [-0.25, -0.2) is 0 Å². The number of ether oxygens (including phenoxy) is 2. The normalized spacial score (nSPS) is 9.77. The van der Waals surface area contributed by atoms with Crippen LogP contribution in [0.15, 0.2) is 36.4 Å². The standard InChI is InChI=1S/C20H20N2O4/c1-5-10-21-20(24)15-8-6-7-9-16(15)22-19(23)14-11-17(25-3)13(2)18(12-14)26-4/h1,6-9,11-12H,10H2,2-4H3,(H,21,24)(H,22,23). The van der Waals surface area contributed by atoms with Crippen molar-refractivity contribution in [2.75, 3.05) is 26.1 Å². The van der Waals surface area contributed by atoms with E-state index in [1.165, 1.54) is 14.2 Å². The third-order valence-electron chi connectivity index (χ3n) is 3.79. The third kappa shape index (κ3) is 4.14. The molecule has 0 aliphatic carbocycles. The molecular formula is C20H20N2O4. The van der Waals surface area contributed by atoms with Crippen LogP contribution in [-0.4, -0.2) is 32.6 Å². The minimum absolute atomic E-state index is 0.105. The first kappa shape index (κ1) is 18.9. The second-order valence-electron chi connectivity index (χ2n) is 5.39. The number of hydrogen-bond acceptors (Lipinski definition) is 4. The zero-order valence-electron chi connectivity index (χ0n) is 14.9. The van der Waals surface area contributed by atoms with E-state index >= 15 is 0 Å². The van der Waals surface area contributed by atoms with E-state index in [1.54, 1.807) is 36.4 Å². The quantitative estimate of drug-likeness (QED) is 0.784. The van der Waals surface area contributed by atoms with Gasteiger partial charge in [-0.2, -0.15) is 0 Å². The van der Waals surface area contributed by atoms with Crippen LogP contribution in [-0.2, 0) is 0 Å². The molecule has 134 valence electrons. The molecule has 6 nitrogen and oxygen atoms in total. The molecule has 26 heavy (non-hydrogen) atoms. The number of methoxy groups -OCH3 is 2. The van der Waals surface area contributed by atoms with Crippen LogP contribution in [0.2, 0.25) is 0 Å². The highest BCUT2D eigenvalue weighted by molar-refractivity contribution is 6.09. The second-order valence-corrected chi connectivity index (χ2v) is 5.39. The van der Waals surface area contributed by atoms with Gasteiger partial charge < -0.3 is 20.1 Å². The first-order valence-corrected chi connectivity index (χ1v) is 7.86. The number of carbonyl (C=O) groups is 2. The lowest BCUT2D eigenvalue weighted by atomic mass is 10.1. The van der Waals surface area contributed by atoms with Gasteiger partial charge in [-0.1, -0.05) is 18.1 Å². The Labute approximate surface area is 152 Å². The molecule has 2 amide bonds. The van der Waals surface area contributed by atoms with Crippen molar-refractivity contribution in [3.8, 4) is 23.8 Å². The summed E-state index contributed by atoms with van der Waals surface area (Å²) in [7, 11) is 3.04. The van der Waals surface area contributed by atoms with Crippen molar-refractivity contribution in [3.05, 3.63) is 53.1 Å². The average molecular weight is 352 g/mol. The van der Waals surface area contributed by atoms with Gasteiger partial charge in [0.05, 0.1) is 32.0 Å². The van der Waals surface area contributed by atoms with Crippen LogP contribution < -0.4 is 20.1 Å². The minimum atomic E-state index is -0.390. The van der Waals surface area contributed by atoms with Crippen molar-refractivity contribution in [1.82, 2.24) is 5.32 Å². The zero-order valence-corrected chi connectivity index (χ0v) is 14.9. The predicted octanol–water partition coefficient (Wildman–Crippen LogP) is 2.63. The van der Waals surface area contributed by atoms with E-state index in [0.717, 1.165) is 5.56 Å². The lowest BCUT2D eigenvalue weighted by molar-refractivity contribution is 0.0959. The Balaban J connectivity index is 2.31. The molecule has 0 atom stereocenters. The lowest BCUT2D eigenvalue weighted by Crippen LogP contribution is -2.25. The first-order chi connectivity index (χ1) is 12.5. The van der Waals surface area contributed by atoms with Crippen molar-refractivity contribution in [1.29, 1.82) is 0 Å². The Bertz CT molecular complexity index is 843. The highest BCUT2D eigenvalue weighted by Crippen LogP contribution is 2.30. The Morgan fingerprint density at radius 2 is 1.69 bits per heavy atom. The summed E-state index contributed by atoms with van der Waals surface area (Å²) in [5.41, 5.74) is 1.84. The maximum Gasteiger partial charge on any atom is 0.255 e. The Kier molecular flexibility index (Phi) is 6.23. The van der Waals surface area contributed by atoms with Crippen molar-refractivity contribution in [2.24, 2.45) is 0 Å². The van der Waals surface area contributed by atoms with Crippen LogP contribution in [0.1, 0.15) is 26.3 Å². The molecule has 0 unspecified atom stereocenters. The molecule has 2 rings (SSSR count). The Morgan fingerprint density at radius 3 is 2.27 bits per heavy atom. The molecule has 0 fully saturated rings. The van der Waals surface area contributed by atoms with Crippen molar-refractivity contribution in [3.63, 3.8) is 0 Å². The summed E-state index contributed by atoms with van der Waals surface area (Å²) < 4.78 is 10.6. The molecule has 0 aliphatic heterocycles. The van der Waals surface area contributed by atoms with Crippen LogP contribution in [0.25, 0.3) is 0 Å². The summed E-state index contributed by atoms with van der Waals surface area (Å²) in [4.78, 5) is 24.9. The maximum atomic E-state index is 12.7. The zero-order chi connectivity index (χ0) is 19.1. The molecule has 6 heteroatoms. The number of carbonyl (C=O) groups excluding carboxylic acids is 2. The van der Waals surface area contributed by atoms with Crippen molar-refractivity contribution < 1.29 is 19.1 Å². The van der Waals surface area contributed by atoms with E-state index in [1.807, 2.05) is 6.92 Å². The molecule has 0 saturated carbocycles. The van der Waals surface area contributed by atoms with Gasteiger partial charge in [0, 0.05) is 11.1 Å². The van der Waals surface area contributed by atoms with Gasteiger partial charge >= 0.3 is 0 Å². The van der Waals surface area contributed by atoms with Gasteiger partial charge in [-0.15, -0.1) is 6.42 Å². The fourth-order valence-electron chi connectivity index (χ4n) is 2.43. The van der Waals surface area contributed by atoms with E-state index in [4.69, 9.17) is 15.9 Å². The predicted molar refractivity (Wildman–Crippen MR) is 99.8 cm³/mol. The van der Waals surface area contributed by atoms with Gasteiger partial charge in [0.1, 0.15) is 11.5 Å².